The Morgan fingerprint density at radius 2 is 2.10 bits per heavy atom. The van der Waals surface area contributed by atoms with Gasteiger partial charge in [0, 0.05) is 36.5 Å². The van der Waals surface area contributed by atoms with Gasteiger partial charge in [-0.2, -0.15) is 0 Å². The summed E-state index contributed by atoms with van der Waals surface area (Å²) in [5.41, 5.74) is 0. The molecular weight excluding hydrogens is 322 g/mol. The minimum absolute atomic E-state index is 0.111. The molecule has 0 spiro atoms. The molecule has 1 amide bonds. The molecule has 2 saturated heterocycles. The van der Waals surface area contributed by atoms with Crippen LogP contribution in [-0.4, -0.2) is 43.2 Å². The molecule has 0 radical (unpaired) electrons. The van der Waals surface area contributed by atoms with Gasteiger partial charge in [0.15, 0.2) is 6.10 Å². The molecule has 4 nitrogen and oxygen atoms in total. The first kappa shape index (κ1) is 13.9. The number of benzene rings is 1. The summed E-state index contributed by atoms with van der Waals surface area (Å²) in [6, 6.07) is 7.60. The van der Waals surface area contributed by atoms with Crippen molar-refractivity contribution in [2.45, 2.75) is 18.9 Å². The lowest BCUT2D eigenvalue weighted by molar-refractivity contribution is -0.133. The van der Waals surface area contributed by atoms with Gasteiger partial charge >= 0.3 is 0 Å². The van der Waals surface area contributed by atoms with Crippen molar-refractivity contribution in [3.05, 3.63) is 28.7 Å². The highest BCUT2D eigenvalue weighted by atomic mass is 79.9. The molecule has 0 saturated carbocycles. The van der Waals surface area contributed by atoms with Crippen LogP contribution in [0, 0.1) is 5.92 Å². The van der Waals surface area contributed by atoms with E-state index in [9.17, 15) is 4.79 Å². The summed E-state index contributed by atoms with van der Waals surface area (Å²) in [6.45, 7) is 3.20. The van der Waals surface area contributed by atoms with E-state index >= 15 is 0 Å². The SMILES string of the molecule is O=C1[C@H](Oc2ccc(Br)cc2)CCN1C[C@H]1CCOC1. The van der Waals surface area contributed by atoms with Crippen molar-refractivity contribution < 1.29 is 14.3 Å². The van der Waals surface area contributed by atoms with Crippen molar-refractivity contribution in [2.75, 3.05) is 26.3 Å². The Bertz CT molecular complexity index is 471. The van der Waals surface area contributed by atoms with E-state index in [1.807, 2.05) is 29.2 Å². The van der Waals surface area contributed by atoms with Crippen molar-refractivity contribution in [1.82, 2.24) is 4.90 Å². The molecule has 2 aliphatic rings. The molecule has 0 unspecified atom stereocenters. The summed E-state index contributed by atoms with van der Waals surface area (Å²) >= 11 is 3.39. The first-order chi connectivity index (χ1) is 9.72. The van der Waals surface area contributed by atoms with Gasteiger partial charge in [-0.25, -0.2) is 0 Å². The van der Waals surface area contributed by atoms with E-state index in [2.05, 4.69) is 15.9 Å². The van der Waals surface area contributed by atoms with Crippen LogP contribution in [0.2, 0.25) is 0 Å². The summed E-state index contributed by atoms with van der Waals surface area (Å²) in [6.07, 6.45) is 1.49. The smallest absolute Gasteiger partial charge is 0.263 e. The van der Waals surface area contributed by atoms with Crippen LogP contribution < -0.4 is 4.74 Å². The van der Waals surface area contributed by atoms with Gasteiger partial charge in [0.05, 0.1) is 6.61 Å². The number of nitrogens with zero attached hydrogens (tertiary/aromatic N) is 1. The zero-order valence-electron chi connectivity index (χ0n) is 11.3. The van der Waals surface area contributed by atoms with E-state index in [1.54, 1.807) is 0 Å². The Morgan fingerprint density at radius 3 is 2.80 bits per heavy atom. The Kier molecular flexibility index (Phi) is 4.27. The molecule has 0 bridgehead atoms. The van der Waals surface area contributed by atoms with Crippen LogP contribution in [0.3, 0.4) is 0 Å². The second-order valence-electron chi connectivity index (χ2n) is 5.36. The third-order valence-corrected chi connectivity index (χ3v) is 4.37. The van der Waals surface area contributed by atoms with Crippen LogP contribution in [-0.2, 0) is 9.53 Å². The number of hydrogen-bond donors (Lipinski definition) is 0. The van der Waals surface area contributed by atoms with Gasteiger partial charge in [-0.05, 0) is 30.7 Å². The van der Waals surface area contributed by atoms with Crippen molar-refractivity contribution in [3.63, 3.8) is 0 Å². The molecule has 2 fully saturated rings. The van der Waals surface area contributed by atoms with E-state index in [0.717, 1.165) is 49.4 Å². The highest BCUT2D eigenvalue weighted by molar-refractivity contribution is 9.10. The monoisotopic (exact) mass is 339 g/mol. The van der Waals surface area contributed by atoms with Crippen LogP contribution in [0.15, 0.2) is 28.7 Å². The lowest BCUT2D eigenvalue weighted by Crippen LogP contribution is -2.35. The van der Waals surface area contributed by atoms with Gasteiger partial charge in [-0.1, -0.05) is 15.9 Å². The number of ether oxygens (including phenoxy) is 2. The predicted molar refractivity (Wildman–Crippen MR) is 78.7 cm³/mol. The van der Waals surface area contributed by atoms with Crippen LogP contribution in [0.25, 0.3) is 0 Å². The van der Waals surface area contributed by atoms with E-state index in [0.29, 0.717) is 5.92 Å². The molecule has 0 aromatic heterocycles. The van der Waals surface area contributed by atoms with Crippen LogP contribution in [0.5, 0.6) is 5.75 Å². The van der Waals surface area contributed by atoms with Crippen molar-refractivity contribution in [2.24, 2.45) is 5.92 Å². The molecule has 0 N–H and O–H groups in total. The summed E-state index contributed by atoms with van der Waals surface area (Å²) in [5.74, 6) is 1.35. The molecular formula is C15H18BrNO3. The number of carbonyl (C=O) groups excluding carboxylic acids is 1. The van der Waals surface area contributed by atoms with E-state index in [4.69, 9.17) is 9.47 Å². The Labute approximate surface area is 127 Å². The lowest BCUT2D eigenvalue weighted by atomic mass is 10.1. The van der Waals surface area contributed by atoms with Gasteiger partial charge in [-0.15, -0.1) is 0 Å². The van der Waals surface area contributed by atoms with Gasteiger partial charge in [0.25, 0.3) is 5.91 Å². The maximum atomic E-state index is 12.3. The number of amides is 1. The molecule has 0 aliphatic carbocycles. The molecule has 108 valence electrons. The predicted octanol–water partition coefficient (Wildman–Crippen LogP) is 2.47. The van der Waals surface area contributed by atoms with E-state index < -0.39 is 0 Å². The van der Waals surface area contributed by atoms with Crippen LogP contribution in [0.1, 0.15) is 12.8 Å². The van der Waals surface area contributed by atoms with E-state index in [-0.39, 0.29) is 12.0 Å². The maximum Gasteiger partial charge on any atom is 0.263 e. The van der Waals surface area contributed by atoms with Crippen molar-refractivity contribution >= 4 is 21.8 Å². The first-order valence-corrected chi connectivity index (χ1v) is 7.80. The zero-order valence-corrected chi connectivity index (χ0v) is 12.8. The Hall–Kier alpha value is -1.07. The highest BCUT2D eigenvalue weighted by Crippen LogP contribution is 2.23. The zero-order chi connectivity index (χ0) is 13.9. The highest BCUT2D eigenvalue weighted by Gasteiger charge is 2.35. The lowest BCUT2D eigenvalue weighted by Gasteiger charge is -2.20. The molecule has 20 heavy (non-hydrogen) atoms. The minimum atomic E-state index is -0.335. The largest absolute Gasteiger partial charge is 0.481 e. The number of halogens is 1. The standard InChI is InChI=1S/C15H18BrNO3/c16-12-1-3-13(4-2-12)20-14-5-7-17(15(14)18)9-11-6-8-19-10-11/h1-4,11,14H,5-10H2/t11-,14-/m1/s1. The molecule has 2 aliphatic heterocycles. The van der Waals surface area contributed by atoms with E-state index in [1.165, 1.54) is 0 Å². The fourth-order valence-corrected chi connectivity index (χ4v) is 2.98. The molecule has 5 heteroatoms. The van der Waals surface area contributed by atoms with Crippen LogP contribution >= 0.6 is 15.9 Å². The molecule has 1 aromatic carbocycles. The van der Waals surface area contributed by atoms with Gasteiger partial charge in [-0.3, -0.25) is 4.79 Å². The number of hydrogen-bond acceptors (Lipinski definition) is 3. The second kappa shape index (κ2) is 6.14. The van der Waals surface area contributed by atoms with Gasteiger partial charge < -0.3 is 14.4 Å². The minimum Gasteiger partial charge on any atom is -0.481 e. The molecule has 2 heterocycles. The Morgan fingerprint density at radius 1 is 1.30 bits per heavy atom. The normalized spacial score (nSPS) is 26.2. The third kappa shape index (κ3) is 3.15. The van der Waals surface area contributed by atoms with Crippen molar-refractivity contribution in [3.8, 4) is 5.75 Å². The number of rotatable bonds is 4. The van der Waals surface area contributed by atoms with Crippen molar-refractivity contribution in [1.29, 1.82) is 0 Å². The van der Waals surface area contributed by atoms with Crippen LogP contribution in [0.4, 0.5) is 0 Å². The molecule has 3 rings (SSSR count). The number of carbonyl (C=O) groups is 1. The summed E-state index contributed by atoms with van der Waals surface area (Å²) in [5, 5.41) is 0. The Balaban J connectivity index is 1.56. The van der Waals surface area contributed by atoms with Gasteiger partial charge in [0.2, 0.25) is 0 Å². The second-order valence-corrected chi connectivity index (χ2v) is 6.28. The third-order valence-electron chi connectivity index (χ3n) is 3.84. The first-order valence-electron chi connectivity index (χ1n) is 7.01. The maximum absolute atomic E-state index is 12.3. The number of likely N-dealkylation sites (tertiary alicyclic amines) is 1. The summed E-state index contributed by atoms with van der Waals surface area (Å²) in [4.78, 5) is 14.2. The average Bonchev–Trinajstić information content (AvgIpc) is 3.06. The summed E-state index contributed by atoms with van der Waals surface area (Å²) in [7, 11) is 0. The topological polar surface area (TPSA) is 38.8 Å². The quantitative estimate of drug-likeness (QED) is 0.845. The fourth-order valence-electron chi connectivity index (χ4n) is 2.72. The molecule has 2 atom stereocenters. The average molecular weight is 340 g/mol. The van der Waals surface area contributed by atoms with Gasteiger partial charge in [0.1, 0.15) is 5.75 Å². The summed E-state index contributed by atoms with van der Waals surface area (Å²) < 4.78 is 12.2. The molecule has 1 aromatic rings. The fraction of sp³-hybridized carbons (Fsp3) is 0.533.